The lowest BCUT2D eigenvalue weighted by Gasteiger charge is -2.20. The minimum absolute atomic E-state index is 0.191. The summed E-state index contributed by atoms with van der Waals surface area (Å²) in [7, 11) is 1.48. The van der Waals surface area contributed by atoms with Crippen molar-refractivity contribution in [3.05, 3.63) is 18.2 Å². The number of carbonyl (C=O) groups excluding carboxylic acids is 3. The number of amides is 2. The average Bonchev–Trinajstić information content (AvgIpc) is 2.50. The van der Waals surface area contributed by atoms with E-state index < -0.39 is 11.7 Å². The van der Waals surface area contributed by atoms with Gasteiger partial charge >= 0.3 is 12.1 Å². The maximum Gasteiger partial charge on any atom is 0.412 e. The smallest absolute Gasteiger partial charge is 0.412 e. The van der Waals surface area contributed by atoms with Gasteiger partial charge in [-0.15, -0.1) is 0 Å². The molecule has 1 aromatic rings. The van der Waals surface area contributed by atoms with Gasteiger partial charge < -0.3 is 19.5 Å². The van der Waals surface area contributed by atoms with Gasteiger partial charge in [-0.25, -0.2) is 4.79 Å². The number of nitrogens with one attached hydrogen (secondary N) is 2. The fourth-order valence-electron chi connectivity index (χ4n) is 1.97. The van der Waals surface area contributed by atoms with Crippen LogP contribution in [0.1, 0.15) is 40.5 Å². The van der Waals surface area contributed by atoms with Crippen LogP contribution >= 0.6 is 0 Å². The van der Waals surface area contributed by atoms with E-state index in [2.05, 4.69) is 10.6 Å². The number of hydrogen-bond acceptors (Lipinski definition) is 6. The second-order valence-electron chi connectivity index (χ2n) is 6.53. The number of anilines is 2. The minimum Gasteiger partial charge on any atom is -0.495 e. The maximum absolute atomic E-state index is 11.9. The molecule has 0 saturated heterocycles. The van der Waals surface area contributed by atoms with Crippen molar-refractivity contribution in [3.8, 4) is 5.75 Å². The molecule has 2 amide bonds. The predicted octanol–water partition coefficient (Wildman–Crippen LogP) is 3.32. The molecular weight excluding hydrogens is 340 g/mol. The predicted molar refractivity (Wildman–Crippen MR) is 97.3 cm³/mol. The monoisotopic (exact) mass is 366 g/mol. The van der Waals surface area contributed by atoms with Crippen LogP contribution in [0.4, 0.5) is 16.2 Å². The van der Waals surface area contributed by atoms with E-state index in [0.29, 0.717) is 23.5 Å². The zero-order chi connectivity index (χ0) is 19.7. The van der Waals surface area contributed by atoms with Crippen molar-refractivity contribution in [2.45, 2.75) is 46.1 Å². The average molecular weight is 366 g/mol. The molecule has 8 heteroatoms. The molecule has 0 aliphatic rings. The van der Waals surface area contributed by atoms with Gasteiger partial charge in [-0.1, -0.05) is 0 Å². The Hall–Kier alpha value is -2.77. The van der Waals surface area contributed by atoms with Crippen LogP contribution in [0.3, 0.4) is 0 Å². The molecule has 0 heterocycles. The fraction of sp³-hybridized carbons (Fsp3) is 0.500. The van der Waals surface area contributed by atoms with E-state index >= 15 is 0 Å². The highest BCUT2D eigenvalue weighted by Gasteiger charge is 2.18. The van der Waals surface area contributed by atoms with Gasteiger partial charge in [0.05, 0.1) is 19.4 Å². The first kappa shape index (κ1) is 21.3. The molecule has 0 unspecified atom stereocenters. The van der Waals surface area contributed by atoms with Crippen molar-refractivity contribution in [1.29, 1.82) is 0 Å². The maximum atomic E-state index is 11.9. The first-order valence-corrected chi connectivity index (χ1v) is 8.22. The molecule has 0 saturated carbocycles. The summed E-state index contributed by atoms with van der Waals surface area (Å²) in [5.41, 5.74) is 0.235. The Labute approximate surface area is 153 Å². The largest absolute Gasteiger partial charge is 0.495 e. The third-order valence-electron chi connectivity index (χ3n) is 2.97. The number of carbonyl (C=O) groups is 3. The van der Waals surface area contributed by atoms with E-state index in [-0.39, 0.29) is 24.9 Å². The summed E-state index contributed by atoms with van der Waals surface area (Å²) in [6, 6.07) is 4.86. The Kier molecular flexibility index (Phi) is 7.89. The lowest BCUT2D eigenvalue weighted by Crippen LogP contribution is -2.27. The van der Waals surface area contributed by atoms with E-state index in [1.54, 1.807) is 39.0 Å². The molecular formula is C18H26N2O6. The molecule has 26 heavy (non-hydrogen) atoms. The third kappa shape index (κ3) is 8.36. The number of methoxy groups -OCH3 is 1. The van der Waals surface area contributed by atoms with Crippen LogP contribution in [0.5, 0.6) is 5.75 Å². The van der Waals surface area contributed by atoms with E-state index in [1.807, 2.05) is 0 Å². The van der Waals surface area contributed by atoms with Crippen LogP contribution in [-0.2, 0) is 19.1 Å². The molecule has 8 nitrogen and oxygen atoms in total. The summed E-state index contributed by atoms with van der Waals surface area (Å²) in [5.74, 6) is -0.173. The van der Waals surface area contributed by atoms with Crippen LogP contribution in [0, 0.1) is 0 Å². The Bertz CT molecular complexity index is 652. The number of esters is 1. The van der Waals surface area contributed by atoms with Gasteiger partial charge in [-0.3, -0.25) is 14.9 Å². The third-order valence-corrected chi connectivity index (χ3v) is 2.97. The molecule has 0 fully saturated rings. The van der Waals surface area contributed by atoms with E-state index in [1.165, 1.54) is 14.0 Å². The number of ether oxygens (including phenoxy) is 3. The Morgan fingerprint density at radius 2 is 1.81 bits per heavy atom. The molecule has 0 aromatic heterocycles. The lowest BCUT2D eigenvalue weighted by atomic mass is 10.2. The molecule has 0 spiro atoms. The minimum atomic E-state index is -0.634. The van der Waals surface area contributed by atoms with Gasteiger partial charge in [0.1, 0.15) is 11.4 Å². The molecule has 1 aromatic carbocycles. The van der Waals surface area contributed by atoms with E-state index in [9.17, 15) is 14.4 Å². The van der Waals surface area contributed by atoms with Crippen molar-refractivity contribution < 1.29 is 28.6 Å². The van der Waals surface area contributed by atoms with Crippen molar-refractivity contribution >= 4 is 29.3 Å². The molecule has 0 bridgehead atoms. The number of benzene rings is 1. The second kappa shape index (κ2) is 9.65. The van der Waals surface area contributed by atoms with Gasteiger partial charge in [0.2, 0.25) is 5.91 Å². The van der Waals surface area contributed by atoms with E-state index in [4.69, 9.17) is 14.2 Å². The highest BCUT2D eigenvalue weighted by Crippen LogP contribution is 2.28. The standard InChI is InChI=1S/C18H26N2O6/c1-12(21)25-10-6-7-16(22)19-13-8-9-15(24-5)14(11-13)20-17(23)26-18(2,3)4/h8-9,11H,6-7,10H2,1-5H3,(H,19,22)(H,20,23). The van der Waals surface area contributed by atoms with Crippen molar-refractivity contribution in [2.24, 2.45) is 0 Å². The highest BCUT2D eigenvalue weighted by atomic mass is 16.6. The molecule has 2 N–H and O–H groups in total. The first-order chi connectivity index (χ1) is 12.1. The topological polar surface area (TPSA) is 103 Å². The number of rotatable bonds is 7. The Morgan fingerprint density at radius 1 is 1.12 bits per heavy atom. The molecule has 0 radical (unpaired) electrons. The Morgan fingerprint density at radius 3 is 2.38 bits per heavy atom. The molecule has 0 atom stereocenters. The Balaban J connectivity index is 2.69. The zero-order valence-electron chi connectivity index (χ0n) is 15.8. The molecule has 144 valence electrons. The van der Waals surface area contributed by atoms with Crippen LogP contribution in [-0.4, -0.2) is 37.3 Å². The SMILES string of the molecule is COc1ccc(NC(=O)CCCOC(C)=O)cc1NC(=O)OC(C)(C)C. The summed E-state index contributed by atoms with van der Waals surface area (Å²) in [6.07, 6.45) is -0.000660. The van der Waals surface area contributed by atoms with Crippen LogP contribution in [0.2, 0.25) is 0 Å². The quantitative estimate of drug-likeness (QED) is 0.567. The van der Waals surface area contributed by atoms with Gasteiger partial charge in [-0.2, -0.15) is 0 Å². The van der Waals surface area contributed by atoms with E-state index in [0.717, 1.165) is 0 Å². The molecule has 0 aliphatic carbocycles. The highest BCUT2D eigenvalue weighted by molar-refractivity contribution is 5.93. The number of hydrogen-bond donors (Lipinski definition) is 2. The van der Waals surface area contributed by atoms with Gasteiger partial charge in [-0.05, 0) is 45.4 Å². The van der Waals surface area contributed by atoms with Crippen molar-refractivity contribution in [3.63, 3.8) is 0 Å². The first-order valence-electron chi connectivity index (χ1n) is 8.22. The zero-order valence-corrected chi connectivity index (χ0v) is 15.8. The normalized spacial score (nSPS) is 10.7. The van der Waals surface area contributed by atoms with Crippen LogP contribution in [0.15, 0.2) is 18.2 Å². The molecule has 0 aliphatic heterocycles. The lowest BCUT2D eigenvalue weighted by molar-refractivity contribution is -0.141. The summed E-state index contributed by atoms with van der Waals surface area (Å²) in [4.78, 5) is 34.6. The fourth-order valence-corrected chi connectivity index (χ4v) is 1.97. The summed E-state index contributed by atoms with van der Waals surface area (Å²) >= 11 is 0. The van der Waals surface area contributed by atoms with Crippen LogP contribution < -0.4 is 15.4 Å². The van der Waals surface area contributed by atoms with Gasteiger partial charge in [0.25, 0.3) is 0 Å². The summed E-state index contributed by atoms with van der Waals surface area (Å²) in [5, 5.41) is 5.32. The van der Waals surface area contributed by atoms with Crippen molar-refractivity contribution in [1.82, 2.24) is 0 Å². The van der Waals surface area contributed by atoms with Gasteiger partial charge in [0.15, 0.2) is 0 Å². The molecule has 1 rings (SSSR count). The van der Waals surface area contributed by atoms with Crippen LogP contribution in [0.25, 0.3) is 0 Å². The second-order valence-corrected chi connectivity index (χ2v) is 6.53. The van der Waals surface area contributed by atoms with Crippen molar-refractivity contribution in [2.75, 3.05) is 24.4 Å². The van der Waals surface area contributed by atoms with Gasteiger partial charge in [0, 0.05) is 19.0 Å². The summed E-state index contributed by atoms with van der Waals surface area (Å²) in [6.45, 7) is 6.79. The summed E-state index contributed by atoms with van der Waals surface area (Å²) < 4.78 is 15.2.